The molecule has 108 valence electrons. The molecule has 0 saturated carbocycles. The summed E-state index contributed by atoms with van der Waals surface area (Å²) in [7, 11) is 0. The molecule has 0 unspecified atom stereocenters. The van der Waals surface area contributed by atoms with Crippen LogP contribution in [-0.2, 0) is 4.79 Å². The van der Waals surface area contributed by atoms with E-state index in [9.17, 15) is 4.79 Å². The van der Waals surface area contributed by atoms with E-state index in [1.54, 1.807) is 18.5 Å². The van der Waals surface area contributed by atoms with Crippen LogP contribution in [0.2, 0.25) is 0 Å². The number of carbonyl (C=O) groups excluding carboxylic acids is 1. The summed E-state index contributed by atoms with van der Waals surface area (Å²) < 4.78 is 5.48. The molecule has 5 nitrogen and oxygen atoms in total. The van der Waals surface area contributed by atoms with Gasteiger partial charge in [0.1, 0.15) is 5.75 Å². The zero-order chi connectivity index (χ0) is 15.1. The number of aryl methyl sites for hydroxylation is 2. The number of hydrogen-bond acceptors (Lipinski definition) is 4. The van der Waals surface area contributed by atoms with Crippen molar-refractivity contribution in [3.8, 4) is 5.75 Å². The van der Waals surface area contributed by atoms with Gasteiger partial charge in [-0.25, -0.2) is 5.43 Å². The Kier molecular flexibility index (Phi) is 5.04. The number of amides is 1. The molecular formula is C16H17N3O2. The average molecular weight is 283 g/mol. The highest BCUT2D eigenvalue weighted by atomic mass is 16.5. The van der Waals surface area contributed by atoms with Crippen molar-refractivity contribution in [1.29, 1.82) is 0 Å². The van der Waals surface area contributed by atoms with Crippen LogP contribution >= 0.6 is 0 Å². The van der Waals surface area contributed by atoms with Gasteiger partial charge in [0.15, 0.2) is 6.61 Å². The van der Waals surface area contributed by atoms with Crippen LogP contribution in [0.4, 0.5) is 0 Å². The van der Waals surface area contributed by atoms with Gasteiger partial charge in [0.2, 0.25) is 0 Å². The molecule has 21 heavy (non-hydrogen) atoms. The van der Waals surface area contributed by atoms with E-state index in [1.807, 2.05) is 38.1 Å². The Balaban J connectivity index is 1.82. The van der Waals surface area contributed by atoms with Gasteiger partial charge in [0.25, 0.3) is 5.91 Å². The summed E-state index contributed by atoms with van der Waals surface area (Å²) in [5, 5.41) is 3.85. The third-order valence-electron chi connectivity index (χ3n) is 2.79. The van der Waals surface area contributed by atoms with E-state index in [0.717, 1.165) is 16.7 Å². The van der Waals surface area contributed by atoms with Gasteiger partial charge in [-0.15, -0.1) is 0 Å². The van der Waals surface area contributed by atoms with Gasteiger partial charge in [-0.05, 0) is 37.1 Å². The number of pyridine rings is 1. The molecule has 0 aliphatic heterocycles. The molecule has 0 atom stereocenters. The van der Waals surface area contributed by atoms with Crippen LogP contribution in [0.15, 0.2) is 47.8 Å². The van der Waals surface area contributed by atoms with E-state index in [2.05, 4.69) is 15.5 Å². The number of nitrogens with zero attached hydrogens (tertiary/aromatic N) is 2. The lowest BCUT2D eigenvalue weighted by Crippen LogP contribution is -2.24. The van der Waals surface area contributed by atoms with Gasteiger partial charge < -0.3 is 4.74 Å². The summed E-state index contributed by atoms with van der Waals surface area (Å²) in [5.41, 5.74) is 5.31. The molecular weight excluding hydrogens is 266 g/mol. The van der Waals surface area contributed by atoms with E-state index >= 15 is 0 Å². The minimum atomic E-state index is -0.309. The summed E-state index contributed by atoms with van der Waals surface area (Å²) >= 11 is 0. The zero-order valence-electron chi connectivity index (χ0n) is 12.0. The molecule has 0 fully saturated rings. The Labute approximate surface area is 123 Å². The number of rotatable bonds is 5. The van der Waals surface area contributed by atoms with Gasteiger partial charge in [0.05, 0.1) is 6.21 Å². The lowest BCUT2D eigenvalue weighted by atomic mass is 10.1. The fourth-order valence-corrected chi connectivity index (χ4v) is 1.67. The van der Waals surface area contributed by atoms with Crippen molar-refractivity contribution in [3.63, 3.8) is 0 Å². The van der Waals surface area contributed by atoms with Gasteiger partial charge in [0, 0.05) is 18.0 Å². The maximum Gasteiger partial charge on any atom is 0.277 e. The minimum Gasteiger partial charge on any atom is -0.483 e. The molecule has 5 heteroatoms. The third-order valence-corrected chi connectivity index (χ3v) is 2.79. The largest absolute Gasteiger partial charge is 0.483 e. The molecule has 0 spiro atoms. The quantitative estimate of drug-likeness (QED) is 0.676. The van der Waals surface area contributed by atoms with E-state index < -0.39 is 0 Å². The van der Waals surface area contributed by atoms with E-state index in [1.165, 1.54) is 6.21 Å². The second kappa shape index (κ2) is 7.19. The Morgan fingerprint density at radius 2 is 2.24 bits per heavy atom. The molecule has 2 rings (SSSR count). The predicted molar refractivity (Wildman–Crippen MR) is 81.4 cm³/mol. The van der Waals surface area contributed by atoms with Crippen molar-refractivity contribution in [3.05, 3.63) is 59.4 Å². The Morgan fingerprint density at radius 3 is 3.00 bits per heavy atom. The molecule has 0 radical (unpaired) electrons. The van der Waals surface area contributed by atoms with Crippen LogP contribution < -0.4 is 10.2 Å². The fourth-order valence-electron chi connectivity index (χ4n) is 1.67. The maximum absolute atomic E-state index is 11.6. The topological polar surface area (TPSA) is 63.6 Å². The van der Waals surface area contributed by atoms with Crippen molar-refractivity contribution in [2.45, 2.75) is 13.8 Å². The van der Waals surface area contributed by atoms with Gasteiger partial charge in [-0.2, -0.15) is 5.10 Å². The number of hydrogen-bond donors (Lipinski definition) is 1. The van der Waals surface area contributed by atoms with Crippen molar-refractivity contribution >= 4 is 12.1 Å². The van der Waals surface area contributed by atoms with Crippen molar-refractivity contribution in [2.24, 2.45) is 5.10 Å². The minimum absolute atomic E-state index is 0.0747. The maximum atomic E-state index is 11.6. The van der Waals surface area contributed by atoms with E-state index in [4.69, 9.17) is 4.74 Å². The predicted octanol–water partition coefficient (Wildman–Crippen LogP) is 2.23. The summed E-state index contributed by atoms with van der Waals surface area (Å²) in [5.74, 6) is 0.400. The number of benzene rings is 1. The lowest BCUT2D eigenvalue weighted by molar-refractivity contribution is -0.123. The highest BCUT2D eigenvalue weighted by molar-refractivity contribution is 5.82. The Hall–Kier alpha value is -2.69. The summed E-state index contributed by atoms with van der Waals surface area (Å²) in [6.45, 7) is 3.84. The van der Waals surface area contributed by atoms with Crippen LogP contribution in [0.5, 0.6) is 5.75 Å². The van der Waals surface area contributed by atoms with Crippen molar-refractivity contribution < 1.29 is 9.53 Å². The second-order valence-corrected chi connectivity index (χ2v) is 4.64. The molecule has 0 aliphatic carbocycles. The molecule has 1 aromatic heterocycles. The normalized spacial score (nSPS) is 10.6. The van der Waals surface area contributed by atoms with Gasteiger partial charge in [-0.1, -0.05) is 18.2 Å². The first-order chi connectivity index (χ1) is 10.1. The summed E-state index contributed by atoms with van der Waals surface area (Å²) in [4.78, 5) is 15.6. The van der Waals surface area contributed by atoms with Crippen LogP contribution in [0, 0.1) is 13.8 Å². The zero-order valence-corrected chi connectivity index (χ0v) is 12.0. The molecule has 0 aliphatic rings. The van der Waals surface area contributed by atoms with E-state index in [0.29, 0.717) is 5.75 Å². The molecule has 1 aromatic carbocycles. The molecule has 1 N–H and O–H groups in total. The SMILES string of the molecule is Cc1ccc(C)c(OCC(=O)N/N=C\c2cccnc2)c1. The summed E-state index contributed by atoms with van der Waals surface area (Å²) in [6, 6.07) is 9.51. The van der Waals surface area contributed by atoms with Crippen molar-refractivity contribution in [2.75, 3.05) is 6.61 Å². The Bertz CT molecular complexity index is 639. The van der Waals surface area contributed by atoms with Gasteiger partial charge in [-0.3, -0.25) is 9.78 Å². The molecule has 2 aromatic rings. The Morgan fingerprint density at radius 1 is 1.38 bits per heavy atom. The number of ether oxygens (including phenoxy) is 1. The fraction of sp³-hybridized carbons (Fsp3) is 0.188. The van der Waals surface area contributed by atoms with Crippen molar-refractivity contribution in [1.82, 2.24) is 10.4 Å². The number of hydrazone groups is 1. The average Bonchev–Trinajstić information content (AvgIpc) is 2.49. The first-order valence-electron chi connectivity index (χ1n) is 6.57. The molecule has 1 amide bonds. The first-order valence-corrected chi connectivity index (χ1v) is 6.57. The number of carbonyl (C=O) groups is 1. The molecule has 1 heterocycles. The highest BCUT2D eigenvalue weighted by Gasteiger charge is 2.04. The summed E-state index contributed by atoms with van der Waals surface area (Å²) in [6.07, 6.45) is 4.86. The van der Waals surface area contributed by atoms with E-state index in [-0.39, 0.29) is 12.5 Å². The highest BCUT2D eigenvalue weighted by Crippen LogP contribution is 2.18. The standard InChI is InChI=1S/C16H17N3O2/c1-12-5-6-13(2)15(8-12)21-11-16(20)19-18-10-14-4-3-7-17-9-14/h3-10H,11H2,1-2H3,(H,19,20)/b18-10-. The monoisotopic (exact) mass is 283 g/mol. The third kappa shape index (κ3) is 4.72. The number of nitrogens with one attached hydrogen (secondary N) is 1. The molecule has 0 bridgehead atoms. The smallest absolute Gasteiger partial charge is 0.277 e. The number of aromatic nitrogens is 1. The lowest BCUT2D eigenvalue weighted by Gasteiger charge is -2.08. The first kappa shape index (κ1) is 14.7. The molecule has 0 saturated heterocycles. The van der Waals surface area contributed by atoms with Crippen LogP contribution in [0.1, 0.15) is 16.7 Å². The van der Waals surface area contributed by atoms with Gasteiger partial charge >= 0.3 is 0 Å². The van der Waals surface area contributed by atoms with Crippen LogP contribution in [0.25, 0.3) is 0 Å². The second-order valence-electron chi connectivity index (χ2n) is 4.64. The van der Waals surface area contributed by atoms with Crippen LogP contribution in [-0.4, -0.2) is 23.7 Å². The van der Waals surface area contributed by atoms with Crippen LogP contribution in [0.3, 0.4) is 0 Å².